The Morgan fingerprint density at radius 1 is 1.27 bits per heavy atom. The summed E-state index contributed by atoms with van der Waals surface area (Å²) in [4.78, 5) is 23.0. The van der Waals surface area contributed by atoms with Crippen molar-refractivity contribution in [3.63, 3.8) is 0 Å². The van der Waals surface area contributed by atoms with Crippen molar-refractivity contribution in [2.75, 3.05) is 0 Å². The van der Waals surface area contributed by atoms with Gasteiger partial charge in [-0.25, -0.2) is 8.42 Å². The molecule has 0 bridgehead atoms. The minimum absolute atomic E-state index is 0. The van der Waals surface area contributed by atoms with Crippen LogP contribution in [0.15, 0.2) is 23.1 Å². The van der Waals surface area contributed by atoms with Crippen molar-refractivity contribution in [2.45, 2.75) is 46.0 Å². The standard InChI is InChI=1S/C15H22O5S.Na/c1-11(2)7-4-3-5-9-13(16)12-8-6-10-14(15(12)17)21(18,19)20;/h6,8,10-12H,3-5,7,9H2,1-2H3,(H,18,19,20);/q;+1/p-1. The predicted molar refractivity (Wildman–Crippen MR) is 78.3 cm³/mol. The van der Waals surface area contributed by atoms with Crippen LogP contribution in [0, 0.1) is 11.8 Å². The Bertz CT molecular complexity index is 560. The van der Waals surface area contributed by atoms with Gasteiger partial charge in [0.1, 0.15) is 15.9 Å². The van der Waals surface area contributed by atoms with Crippen LogP contribution >= 0.6 is 0 Å². The van der Waals surface area contributed by atoms with E-state index < -0.39 is 26.7 Å². The molecule has 0 saturated heterocycles. The van der Waals surface area contributed by atoms with Crippen molar-refractivity contribution < 1.29 is 52.1 Å². The van der Waals surface area contributed by atoms with E-state index in [1.165, 1.54) is 12.2 Å². The van der Waals surface area contributed by atoms with Crippen LogP contribution in [0.2, 0.25) is 0 Å². The molecular formula is C15H21NaO5S. The van der Waals surface area contributed by atoms with Crippen LogP contribution < -0.4 is 29.6 Å². The molecule has 1 unspecified atom stereocenters. The molecule has 0 N–H and O–H groups in total. The number of carbonyl (C=O) groups is 2. The van der Waals surface area contributed by atoms with E-state index in [4.69, 9.17) is 0 Å². The van der Waals surface area contributed by atoms with Gasteiger partial charge in [-0.1, -0.05) is 45.3 Å². The van der Waals surface area contributed by atoms with Crippen molar-refractivity contribution in [1.82, 2.24) is 0 Å². The summed E-state index contributed by atoms with van der Waals surface area (Å²) in [6.07, 6.45) is 7.52. The molecule has 0 radical (unpaired) electrons. The van der Waals surface area contributed by atoms with Gasteiger partial charge in [0.2, 0.25) is 0 Å². The number of hydrogen-bond acceptors (Lipinski definition) is 5. The molecule has 0 aromatic heterocycles. The molecule has 0 aromatic carbocycles. The van der Waals surface area contributed by atoms with Gasteiger partial charge < -0.3 is 4.55 Å². The van der Waals surface area contributed by atoms with Crippen LogP contribution in [0.3, 0.4) is 0 Å². The summed E-state index contributed by atoms with van der Waals surface area (Å²) in [5, 5.41) is 0. The van der Waals surface area contributed by atoms with Crippen LogP contribution in [0.1, 0.15) is 46.0 Å². The first-order valence-corrected chi connectivity index (χ1v) is 8.55. The molecule has 1 aliphatic carbocycles. The first kappa shape index (κ1) is 21.7. The van der Waals surface area contributed by atoms with Gasteiger partial charge in [-0.15, -0.1) is 0 Å². The fourth-order valence-electron chi connectivity index (χ4n) is 2.22. The van der Waals surface area contributed by atoms with E-state index >= 15 is 0 Å². The summed E-state index contributed by atoms with van der Waals surface area (Å²) in [5.41, 5.74) is 0. The fourth-order valence-corrected chi connectivity index (χ4v) is 2.84. The van der Waals surface area contributed by atoms with E-state index in [1.807, 2.05) is 0 Å². The Morgan fingerprint density at radius 3 is 2.45 bits per heavy atom. The zero-order valence-corrected chi connectivity index (χ0v) is 16.2. The van der Waals surface area contributed by atoms with Crippen LogP contribution in [0.4, 0.5) is 0 Å². The molecule has 5 nitrogen and oxygen atoms in total. The molecule has 1 atom stereocenters. The molecule has 118 valence electrons. The van der Waals surface area contributed by atoms with Crippen molar-refractivity contribution in [3.8, 4) is 0 Å². The van der Waals surface area contributed by atoms with Gasteiger partial charge in [-0.05, 0) is 18.4 Å². The first-order chi connectivity index (χ1) is 9.73. The molecule has 0 aliphatic heterocycles. The number of Topliss-reactive ketones (excluding diaryl/α,β-unsaturated/α-hetero) is 2. The molecular weight excluding hydrogens is 315 g/mol. The van der Waals surface area contributed by atoms with Crippen LogP contribution in [0.25, 0.3) is 0 Å². The van der Waals surface area contributed by atoms with Gasteiger partial charge in [-0.2, -0.15) is 0 Å². The maximum Gasteiger partial charge on any atom is 1.00 e. The summed E-state index contributed by atoms with van der Waals surface area (Å²) in [6, 6.07) is 0. The van der Waals surface area contributed by atoms with Crippen molar-refractivity contribution in [1.29, 1.82) is 0 Å². The van der Waals surface area contributed by atoms with Crippen LogP contribution in [-0.2, 0) is 19.7 Å². The Hall–Kier alpha value is -0.270. The predicted octanol–water partition coefficient (Wildman–Crippen LogP) is -0.650. The minimum atomic E-state index is -4.82. The van der Waals surface area contributed by atoms with Gasteiger partial charge >= 0.3 is 29.6 Å². The topological polar surface area (TPSA) is 91.3 Å². The molecule has 0 spiro atoms. The zero-order valence-electron chi connectivity index (χ0n) is 13.4. The van der Waals surface area contributed by atoms with E-state index in [0.29, 0.717) is 12.3 Å². The molecule has 1 aliphatic rings. The summed E-state index contributed by atoms with van der Waals surface area (Å²) in [6.45, 7) is 4.27. The maximum absolute atomic E-state index is 12.0. The zero-order chi connectivity index (χ0) is 16.0. The Balaban J connectivity index is 0.00000441. The number of rotatable bonds is 8. The second-order valence-corrected chi connectivity index (χ2v) is 7.02. The van der Waals surface area contributed by atoms with Crippen LogP contribution in [0.5, 0.6) is 0 Å². The van der Waals surface area contributed by atoms with Gasteiger partial charge in [0.05, 0.1) is 10.8 Å². The SMILES string of the molecule is CC(C)CCCCCC(=O)C1C=CC=C(S(=O)(=O)[O-])C1=O.[Na+]. The van der Waals surface area contributed by atoms with E-state index in [0.717, 1.165) is 25.3 Å². The van der Waals surface area contributed by atoms with E-state index in [2.05, 4.69) is 13.8 Å². The van der Waals surface area contributed by atoms with Crippen molar-refractivity contribution in [3.05, 3.63) is 23.1 Å². The Labute approximate surface area is 154 Å². The molecule has 0 heterocycles. The molecule has 0 saturated carbocycles. The molecule has 1 rings (SSSR count). The number of ketones is 2. The summed E-state index contributed by atoms with van der Waals surface area (Å²) >= 11 is 0. The number of hydrogen-bond donors (Lipinski definition) is 0. The third-order valence-electron chi connectivity index (χ3n) is 3.40. The molecule has 7 heteroatoms. The van der Waals surface area contributed by atoms with Gasteiger partial charge in [0.25, 0.3) is 0 Å². The van der Waals surface area contributed by atoms with Crippen molar-refractivity contribution >= 4 is 21.7 Å². The van der Waals surface area contributed by atoms with E-state index in [-0.39, 0.29) is 41.8 Å². The third-order valence-corrected chi connectivity index (χ3v) is 4.27. The molecule has 0 amide bonds. The monoisotopic (exact) mass is 336 g/mol. The van der Waals surface area contributed by atoms with Crippen LogP contribution in [-0.4, -0.2) is 24.5 Å². The second kappa shape index (κ2) is 9.78. The van der Waals surface area contributed by atoms with E-state index in [1.54, 1.807) is 0 Å². The largest absolute Gasteiger partial charge is 1.00 e. The average Bonchev–Trinajstić information content (AvgIpc) is 2.36. The summed E-state index contributed by atoms with van der Waals surface area (Å²) < 4.78 is 32.8. The second-order valence-electron chi connectivity index (χ2n) is 5.67. The quantitative estimate of drug-likeness (QED) is 0.254. The minimum Gasteiger partial charge on any atom is -0.744 e. The smallest absolute Gasteiger partial charge is 0.744 e. The fraction of sp³-hybridized carbons (Fsp3) is 0.600. The number of unbranched alkanes of at least 4 members (excludes halogenated alkanes) is 2. The van der Waals surface area contributed by atoms with Gasteiger partial charge in [0.15, 0.2) is 5.78 Å². The Morgan fingerprint density at radius 2 is 1.91 bits per heavy atom. The van der Waals surface area contributed by atoms with Crippen molar-refractivity contribution in [2.24, 2.45) is 11.8 Å². The van der Waals surface area contributed by atoms with Gasteiger partial charge in [-0.3, -0.25) is 9.59 Å². The summed E-state index contributed by atoms with van der Waals surface area (Å²) in [7, 11) is -4.82. The maximum atomic E-state index is 12.0. The number of allylic oxidation sites excluding steroid dienone is 4. The third kappa shape index (κ3) is 6.87. The molecule has 0 fully saturated rings. The summed E-state index contributed by atoms with van der Waals surface area (Å²) in [5.74, 6) is -1.73. The number of carbonyl (C=O) groups excluding carboxylic acids is 2. The average molecular weight is 336 g/mol. The van der Waals surface area contributed by atoms with E-state index in [9.17, 15) is 22.6 Å². The van der Waals surface area contributed by atoms with Gasteiger partial charge in [0, 0.05) is 6.42 Å². The normalized spacial score (nSPS) is 18.1. The Kier molecular flexibility index (Phi) is 9.66. The first-order valence-electron chi connectivity index (χ1n) is 7.14. The molecule has 22 heavy (non-hydrogen) atoms. The molecule has 0 aromatic rings.